The highest BCUT2D eigenvalue weighted by atomic mass is 32.2. The molecule has 0 saturated carbocycles. The SMILES string of the molecule is COc1cc2nc(-c3ccccc3)nc(N3CCC(CCNS(N)(=O)=O)CC3)c2cc1OC. The number of hydrogen-bond donors (Lipinski definition) is 2. The molecule has 33 heavy (non-hydrogen) atoms. The number of nitrogens with zero attached hydrogens (tertiary/aromatic N) is 3. The second kappa shape index (κ2) is 9.90. The lowest BCUT2D eigenvalue weighted by Gasteiger charge is -2.33. The van der Waals surface area contributed by atoms with Crippen LogP contribution in [0.1, 0.15) is 19.3 Å². The van der Waals surface area contributed by atoms with Crippen LogP contribution < -0.4 is 24.2 Å². The van der Waals surface area contributed by atoms with Crippen molar-refractivity contribution in [3.05, 3.63) is 42.5 Å². The van der Waals surface area contributed by atoms with E-state index in [9.17, 15) is 8.42 Å². The topological polar surface area (TPSA) is 120 Å². The van der Waals surface area contributed by atoms with Gasteiger partial charge in [-0.15, -0.1) is 0 Å². The average molecular weight is 472 g/mol. The van der Waals surface area contributed by atoms with Crippen LogP contribution in [0.15, 0.2) is 42.5 Å². The Morgan fingerprint density at radius 3 is 2.36 bits per heavy atom. The molecule has 3 aromatic rings. The number of methoxy groups -OCH3 is 2. The number of piperidine rings is 1. The van der Waals surface area contributed by atoms with Crippen molar-refractivity contribution in [2.45, 2.75) is 19.3 Å². The minimum absolute atomic E-state index is 0.356. The molecule has 0 unspecified atom stereocenters. The third-order valence-electron chi connectivity index (χ3n) is 5.98. The van der Waals surface area contributed by atoms with Gasteiger partial charge in [-0.3, -0.25) is 0 Å². The summed E-state index contributed by atoms with van der Waals surface area (Å²) < 4.78 is 35.6. The fourth-order valence-corrected chi connectivity index (χ4v) is 4.64. The lowest BCUT2D eigenvalue weighted by atomic mass is 9.93. The zero-order chi connectivity index (χ0) is 23.4. The van der Waals surface area contributed by atoms with E-state index in [1.807, 2.05) is 42.5 Å². The standard InChI is InChI=1S/C23H29N5O4S/c1-31-20-14-18-19(15-21(20)32-2)26-22(17-6-4-3-5-7-17)27-23(18)28-12-9-16(10-13-28)8-11-25-33(24,29)30/h3-7,14-16,25H,8-13H2,1-2H3,(H2,24,29,30). The van der Waals surface area contributed by atoms with Crippen molar-refractivity contribution >= 4 is 26.9 Å². The van der Waals surface area contributed by atoms with Crippen LogP contribution in [0.5, 0.6) is 11.5 Å². The molecule has 0 amide bonds. The first-order valence-electron chi connectivity index (χ1n) is 10.9. The van der Waals surface area contributed by atoms with Gasteiger partial charge in [0.15, 0.2) is 17.3 Å². The van der Waals surface area contributed by atoms with Crippen molar-refractivity contribution < 1.29 is 17.9 Å². The molecular weight excluding hydrogens is 442 g/mol. The number of rotatable bonds is 8. The summed E-state index contributed by atoms with van der Waals surface area (Å²) in [5, 5.41) is 5.93. The summed E-state index contributed by atoms with van der Waals surface area (Å²) in [6, 6.07) is 13.7. The number of nitrogens with one attached hydrogen (secondary N) is 1. The molecule has 9 nitrogen and oxygen atoms in total. The van der Waals surface area contributed by atoms with Gasteiger partial charge in [0.05, 0.1) is 19.7 Å². The molecule has 4 rings (SSSR count). The Labute approximate surface area is 194 Å². The summed E-state index contributed by atoms with van der Waals surface area (Å²) in [7, 11) is -0.421. The summed E-state index contributed by atoms with van der Waals surface area (Å²) in [5.41, 5.74) is 1.73. The molecule has 0 spiro atoms. The third kappa shape index (κ3) is 5.52. The highest BCUT2D eigenvalue weighted by Crippen LogP contribution is 2.37. The molecule has 0 bridgehead atoms. The molecule has 0 atom stereocenters. The third-order valence-corrected chi connectivity index (χ3v) is 6.59. The molecule has 1 aromatic heterocycles. The highest BCUT2D eigenvalue weighted by Gasteiger charge is 2.24. The lowest BCUT2D eigenvalue weighted by Crippen LogP contribution is -2.37. The highest BCUT2D eigenvalue weighted by molar-refractivity contribution is 7.87. The summed E-state index contributed by atoms with van der Waals surface area (Å²) in [4.78, 5) is 12.0. The molecule has 176 valence electrons. The van der Waals surface area contributed by atoms with E-state index in [0.29, 0.717) is 29.8 Å². The Morgan fingerprint density at radius 1 is 1.06 bits per heavy atom. The van der Waals surface area contributed by atoms with Crippen molar-refractivity contribution in [2.24, 2.45) is 11.1 Å². The van der Waals surface area contributed by atoms with Gasteiger partial charge in [-0.1, -0.05) is 30.3 Å². The van der Waals surface area contributed by atoms with Crippen LogP contribution in [0.25, 0.3) is 22.3 Å². The van der Waals surface area contributed by atoms with Crippen LogP contribution in [0.3, 0.4) is 0 Å². The van der Waals surface area contributed by atoms with E-state index in [-0.39, 0.29) is 0 Å². The van der Waals surface area contributed by atoms with Gasteiger partial charge in [0.2, 0.25) is 0 Å². The molecule has 1 aliphatic rings. The van der Waals surface area contributed by atoms with Crippen molar-refractivity contribution in [2.75, 3.05) is 38.8 Å². The summed E-state index contributed by atoms with van der Waals surface area (Å²) in [5.74, 6) is 3.19. The van der Waals surface area contributed by atoms with E-state index in [1.165, 1.54) is 0 Å². The first-order chi connectivity index (χ1) is 15.9. The Kier molecular flexibility index (Phi) is 6.96. The molecule has 1 fully saturated rings. The molecule has 10 heteroatoms. The number of anilines is 1. The first-order valence-corrected chi connectivity index (χ1v) is 12.4. The summed E-state index contributed by atoms with van der Waals surface area (Å²) >= 11 is 0. The first kappa shape index (κ1) is 23.2. The Hall–Kier alpha value is -2.95. The van der Waals surface area contributed by atoms with Gasteiger partial charge in [0.1, 0.15) is 5.82 Å². The molecule has 2 aromatic carbocycles. The number of ether oxygens (including phenoxy) is 2. The van der Waals surface area contributed by atoms with Crippen LogP contribution in [0.4, 0.5) is 5.82 Å². The van der Waals surface area contributed by atoms with Gasteiger partial charge in [-0.05, 0) is 31.2 Å². The van der Waals surface area contributed by atoms with Crippen LogP contribution in [0.2, 0.25) is 0 Å². The molecule has 3 N–H and O–H groups in total. The van der Waals surface area contributed by atoms with Gasteiger partial charge in [-0.25, -0.2) is 19.8 Å². The van der Waals surface area contributed by atoms with E-state index in [0.717, 1.165) is 54.6 Å². The van der Waals surface area contributed by atoms with Gasteiger partial charge in [-0.2, -0.15) is 8.42 Å². The summed E-state index contributed by atoms with van der Waals surface area (Å²) in [6.07, 6.45) is 2.63. The quantitative estimate of drug-likeness (QED) is 0.518. The lowest BCUT2D eigenvalue weighted by molar-refractivity contribution is 0.355. The van der Waals surface area contributed by atoms with E-state index < -0.39 is 10.2 Å². The Morgan fingerprint density at radius 2 is 1.73 bits per heavy atom. The van der Waals surface area contributed by atoms with E-state index in [2.05, 4.69) is 9.62 Å². The van der Waals surface area contributed by atoms with Gasteiger partial charge >= 0.3 is 0 Å². The van der Waals surface area contributed by atoms with E-state index in [1.54, 1.807) is 14.2 Å². The van der Waals surface area contributed by atoms with Gasteiger partial charge < -0.3 is 14.4 Å². The second-order valence-electron chi connectivity index (χ2n) is 8.12. The number of benzene rings is 2. The van der Waals surface area contributed by atoms with Crippen LogP contribution in [-0.4, -0.2) is 52.2 Å². The number of hydrogen-bond acceptors (Lipinski definition) is 7. The maximum absolute atomic E-state index is 11.1. The zero-order valence-electron chi connectivity index (χ0n) is 18.8. The largest absolute Gasteiger partial charge is 0.493 e. The number of nitrogens with two attached hydrogens (primary N) is 1. The van der Waals surface area contributed by atoms with Crippen LogP contribution in [0, 0.1) is 5.92 Å². The minimum atomic E-state index is -3.65. The Bertz CT molecular complexity index is 1210. The number of aromatic nitrogens is 2. The predicted octanol–water partition coefficient (Wildman–Crippen LogP) is 2.71. The van der Waals surface area contributed by atoms with Crippen molar-refractivity contribution in [1.82, 2.24) is 14.7 Å². The monoisotopic (exact) mass is 471 g/mol. The smallest absolute Gasteiger partial charge is 0.274 e. The second-order valence-corrected chi connectivity index (χ2v) is 9.50. The zero-order valence-corrected chi connectivity index (χ0v) is 19.6. The maximum Gasteiger partial charge on any atom is 0.274 e. The molecule has 0 radical (unpaired) electrons. The average Bonchev–Trinajstić information content (AvgIpc) is 2.82. The minimum Gasteiger partial charge on any atom is -0.493 e. The van der Waals surface area contributed by atoms with Crippen LogP contribution in [-0.2, 0) is 10.2 Å². The van der Waals surface area contributed by atoms with Crippen molar-refractivity contribution in [3.63, 3.8) is 0 Å². The van der Waals surface area contributed by atoms with E-state index in [4.69, 9.17) is 24.6 Å². The van der Waals surface area contributed by atoms with Crippen molar-refractivity contribution in [1.29, 1.82) is 0 Å². The van der Waals surface area contributed by atoms with Gasteiger partial charge in [0, 0.05) is 36.7 Å². The Balaban J connectivity index is 1.64. The molecular formula is C23H29N5O4S. The molecule has 1 aliphatic heterocycles. The molecule has 0 aliphatic carbocycles. The maximum atomic E-state index is 11.1. The van der Waals surface area contributed by atoms with E-state index >= 15 is 0 Å². The van der Waals surface area contributed by atoms with Crippen LogP contribution >= 0.6 is 0 Å². The fraction of sp³-hybridized carbons (Fsp3) is 0.391. The normalized spacial score (nSPS) is 15.1. The van der Waals surface area contributed by atoms with Crippen molar-refractivity contribution in [3.8, 4) is 22.9 Å². The summed E-state index contributed by atoms with van der Waals surface area (Å²) in [6.45, 7) is 1.98. The fourth-order valence-electron chi connectivity index (χ4n) is 4.24. The molecule has 2 heterocycles. The number of fused-ring (bicyclic) bond motifs is 1. The predicted molar refractivity (Wildman–Crippen MR) is 129 cm³/mol. The van der Waals surface area contributed by atoms with Gasteiger partial charge in [0.25, 0.3) is 10.2 Å². The molecule has 1 saturated heterocycles.